The van der Waals surface area contributed by atoms with Gasteiger partial charge in [0.15, 0.2) is 11.5 Å². The first-order valence-corrected chi connectivity index (χ1v) is 6.61. The first kappa shape index (κ1) is 12.9. The van der Waals surface area contributed by atoms with Gasteiger partial charge in [-0.1, -0.05) is 13.3 Å². The lowest BCUT2D eigenvalue weighted by molar-refractivity contribution is 0.288. The SMILES string of the molecule is CCCCOc1cc2c(cc1OC)C(C)=NCC2. The Bertz CT molecular complexity index is 452. The van der Waals surface area contributed by atoms with Crippen LogP contribution in [0.4, 0.5) is 0 Å². The van der Waals surface area contributed by atoms with Gasteiger partial charge in [0, 0.05) is 17.8 Å². The van der Waals surface area contributed by atoms with Crippen LogP contribution in [0.3, 0.4) is 0 Å². The van der Waals surface area contributed by atoms with Crippen molar-refractivity contribution < 1.29 is 9.47 Å². The van der Waals surface area contributed by atoms with Crippen LogP contribution in [0.15, 0.2) is 17.1 Å². The van der Waals surface area contributed by atoms with Gasteiger partial charge in [0.1, 0.15) is 0 Å². The van der Waals surface area contributed by atoms with E-state index in [1.807, 2.05) is 0 Å². The monoisotopic (exact) mass is 247 g/mol. The third kappa shape index (κ3) is 2.66. The fourth-order valence-electron chi connectivity index (χ4n) is 2.17. The van der Waals surface area contributed by atoms with Gasteiger partial charge in [0.05, 0.1) is 13.7 Å². The molecule has 0 radical (unpaired) electrons. The molecule has 0 saturated carbocycles. The summed E-state index contributed by atoms with van der Waals surface area (Å²) in [6.45, 7) is 5.83. The summed E-state index contributed by atoms with van der Waals surface area (Å²) in [7, 11) is 1.68. The summed E-state index contributed by atoms with van der Waals surface area (Å²) in [5.74, 6) is 1.67. The molecule has 1 aromatic carbocycles. The zero-order chi connectivity index (χ0) is 13.0. The molecule has 0 fully saturated rings. The molecule has 0 N–H and O–H groups in total. The van der Waals surface area contributed by atoms with Crippen molar-refractivity contribution in [2.75, 3.05) is 20.3 Å². The number of hydrogen-bond donors (Lipinski definition) is 0. The highest BCUT2D eigenvalue weighted by atomic mass is 16.5. The lowest BCUT2D eigenvalue weighted by Gasteiger charge is -2.18. The predicted octanol–water partition coefficient (Wildman–Crippen LogP) is 3.24. The minimum Gasteiger partial charge on any atom is -0.493 e. The van der Waals surface area contributed by atoms with E-state index in [0.29, 0.717) is 0 Å². The number of rotatable bonds is 5. The van der Waals surface area contributed by atoms with Gasteiger partial charge in [-0.15, -0.1) is 0 Å². The Balaban J connectivity index is 2.27. The molecule has 1 aliphatic heterocycles. The van der Waals surface area contributed by atoms with Crippen molar-refractivity contribution in [2.45, 2.75) is 33.1 Å². The highest BCUT2D eigenvalue weighted by Crippen LogP contribution is 2.32. The number of ether oxygens (including phenoxy) is 2. The molecule has 98 valence electrons. The molecule has 1 aromatic rings. The maximum atomic E-state index is 5.80. The van der Waals surface area contributed by atoms with E-state index in [2.05, 4.69) is 31.0 Å². The standard InChI is InChI=1S/C15H21NO2/c1-4-5-8-18-15-9-12-6-7-16-11(2)13(12)10-14(15)17-3/h9-10H,4-8H2,1-3H3. The smallest absolute Gasteiger partial charge is 0.161 e. The van der Waals surface area contributed by atoms with E-state index in [1.54, 1.807) is 7.11 Å². The molecule has 0 amide bonds. The first-order chi connectivity index (χ1) is 8.76. The molecule has 18 heavy (non-hydrogen) atoms. The van der Waals surface area contributed by atoms with Crippen LogP contribution >= 0.6 is 0 Å². The number of benzene rings is 1. The maximum Gasteiger partial charge on any atom is 0.161 e. The molecule has 0 saturated heterocycles. The summed E-state index contributed by atoms with van der Waals surface area (Å²) in [5, 5.41) is 0. The van der Waals surface area contributed by atoms with Gasteiger partial charge in [-0.05, 0) is 37.5 Å². The third-order valence-electron chi connectivity index (χ3n) is 3.26. The summed E-state index contributed by atoms with van der Waals surface area (Å²) in [5.41, 5.74) is 3.60. The van der Waals surface area contributed by atoms with E-state index in [4.69, 9.17) is 9.47 Å². The quantitative estimate of drug-likeness (QED) is 0.748. The van der Waals surface area contributed by atoms with Gasteiger partial charge in [-0.25, -0.2) is 0 Å². The van der Waals surface area contributed by atoms with Crippen LogP contribution in [0.5, 0.6) is 11.5 Å². The van der Waals surface area contributed by atoms with E-state index in [0.717, 1.165) is 49.6 Å². The molecule has 2 rings (SSSR count). The highest BCUT2D eigenvalue weighted by Gasteiger charge is 2.15. The Labute approximate surface area is 109 Å². The van der Waals surface area contributed by atoms with Crippen LogP contribution in [0, 0.1) is 0 Å². The molecule has 0 aromatic heterocycles. The van der Waals surface area contributed by atoms with Crippen LogP contribution in [0.25, 0.3) is 0 Å². The molecule has 0 atom stereocenters. The Morgan fingerprint density at radius 3 is 2.83 bits per heavy atom. The molecule has 0 aliphatic carbocycles. The number of methoxy groups -OCH3 is 1. The van der Waals surface area contributed by atoms with Crippen molar-refractivity contribution in [1.82, 2.24) is 0 Å². The molecular formula is C15H21NO2. The topological polar surface area (TPSA) is 30.8 Å². The second-order valence-corrected chi connectivity index (χ2v) is 4.58. The number of hydrogen-bond acceptors (Lipinski definition) is 3. The highest BCUT2D eigenvalue weighted by molar-refractivity contribution is 6.01. The van der Waals surface area contributed by atoms with E-state index in [9.17, 15) is 0 Å². The average molecular weight is 247 g/mol. The molecule has 0 unspecified atom stereocenters. The first-order valence-electron chi connectivity index (χ1n) is 6.61. The number of fused-ring (bicyclic) bond motifs is 1. The normalized spacial score (nSPS) is 13.8. The summed E-state index contributed by atoms with van der Waals surface area (Å²) in [6, 6.07) is 4.16. The summed E-state index contributed by atoms with van der Waals surface area (Å²) in [6.07, 6.45) is 3.19. The fourth-order valence-corrected chi connectivity index (χ4v) is 2.17. The lowest BCUT2D eigenvalue weighted by Crippen LogP contribution is -2.11. The summed E-state index contributed by atoms with van der Waals surface area (Å²) >= 11 is 0. The third-order valence-corrected chi connectivity index (χ3v) is 3.26. The number of aliphatic imine (C=N–C) groups is 1. The van der Waals surface area contributed by atoms with Crippen molar-refractivity contribution in [3.63, 3.8) is 0 Å². The lowest BCUT2D eigenvalue weighted by atomic mass is 9.97. The van der Waals surface area contributed by atoms with Gasteiger partial charge in [-0.2, -0.15) is 0 Å². The molecule has 3 heteroatoms. The fraction of sp³-hybridized carbons (Fsp3) is 0.533. The number of nitrogens with zero attached hydrogens (tertiary/aromatic N) is 1. The minimum atomic E-state index is 0.749. The average Bonchev–Trinajstić information content (AvgIpc) is 2.39. The Hall–Kier alpha value is -1.51. The van der Waals surface area contributed by atoms with Crippen LogP contribution in [0.1, 0.15) is 37.8 Å². The van der Waals surface area contributed by atoms with Gasteiger partial charge in [-0.3, -0.25) is 4.99 Å². The second kappa shape index (κ2) is 5.89. The van der Waals surface area contributed by atoms with E-state index >= 15 is 0 Å². The molecule has 0 bridgehead atoms. The largest absolute Gasteiger partial charge is 0.493 e. The van der Waals surface area contributed by atoms with Crippen LogP contribution in [-0.4, -0.2) is 26.0 Å². The Morgan fingerprint density at radius 1 is 1.28 bits per heavy atom. The van der Waals surface area contributed by atoms with Gasteiger partial charge < -0.3 is 9.47 Å². The molecule has 0 spiro atoms. The van der Waals surface area contributed by atoms with Gasteiger partial charge in [0.2, 0.25) is 0 Å². The van der Waals surface area contributed by atoms with Crippen molar-refractivity contribution in [2.24, 2.45) is 4.99 Å². The Kier molecular flexibility index (Phi) is 4.24. The van der Waals surface area contributed by atoms with Crippen molar-refractivity contribution in [3.05, 3.63) is 23.3 Å². The zero-order valence-corrected chi connectivity index (χ0v) is 11.5. The molecule has 1 heterocycles. The number of unbranched alkanes of at least 4 members (excludes halogenated alkanes) is 1. The molecule has 1 aliphatic rings. The van der Waals surface area contributed by atoms with E-state index in [-0.39, 0.29) is 0 Å². The van der Waals surface area contributed by atoms with Crippen molar-refractivity contribution >= 4 is 5.71 Å². The van der Waals surface area contributed by atoms with Gasteiger partial charge in [0.25, 0.3) is 0 Å². The molecule has 3 nitrogen and oxygen atoms in total. The van der Waals surface area contributed by atoms with Crippen molar-refractivity contribution in [3.8, 4) is 11.5 Å². The Morgan fingerprint density at radius 2 is 2.11 bits per heavy atom. The molecular weight excluding hydrogens is 226 g/mol. The maximum absolute atomic E-state index is 5.80. The second-order valence-electron chi connectivity index (χ2n) is 4.58. The zero-order valence-electron chi connectivity index (χ0n) is 11.5. The van der Waals surface area contributed by atoms with Gasteiger partial charge >= 0.3 is 0 Å². The summed E-state index contributed by atoms with van der Waals surface area (Å²) in [4.78, 5) is 4.47. The van der Waals surface area contributed by atoms with E-state index < -0.39 is 0 Å². The van der Waals surface area contributed by atoms with Crippen LogP contribution in [0.2, 0.25) is 0 Å². The summed E-state index contributed by atoms with van der Waals surface area (Å²) < 4.78 is 11.2. The van der Waals surface area contributed by atoms with Crippen LogP contribution < -0.4 is 9.47 Å². The predicted molar refractivity (Wildman–Crippen MR) is 74.2 cm³/mol. The van der Waals surface area contributed by atoms with E-state index in [1.165, 1.54) is 11.1 Å². The van der Waals surface area contributed by atoms with Crippen molar-refractivity contribution in [1.29, 1.82) is 0 Å². The van der Waals surface area contributed by atoms with Crippen LogP contribution in [-0.2, 0) is 6.42 Å². The minimum absolute atomic E-state index is 0.749.